The lowest BCUT2D eigenvalue weighted by molar-refractivity contribution is 0.987. The number of nitrogens with zero attached hydrogens (tertiary/aromatic N) is 3. The van der Waals surface area contributed by atoms with E-state index in [0.717, 1.165) is 28.2 Å². The van der Waals surface area contributed by atoms with Crippen LogP contribution in [0.25, 0.3) is 0 Å². The summed E-state index contributed by atoms with van der Waals surface area (Å²) in [6.07, 6.45) is 0. The van der Waals surface area contributed by atoms with Gasteiger partial charge in [0, 0.05) is 26.9 Å². The highest BCUT2D eigenvalue weighted by atomic mass is 35.5. The van der Waals surface area contributed by atoms with Gasteiger partial charge in [-0.1, -0.05) is 41.4 Å². The Morgan fingerprint density at radius 2 is 1.88 bits per heavy atom. The van der Waals surface area contributed by atoms with Gasteiger partial charge in [-0.2, -0.15) is 5.10 Å². The number of amidine groups is 1. The molecule has 0 atom stereocenters. The highest BCUT2D eigenvalue weighted by Gasteiger charge is 2.18. The molecule has 0 aromatic heterocycles. The first kappa shape index (κ1) is 16.7. The molecule has 0 fully saturated rings. The lowest BCUT2D eigenvalue weighted by Crippen LogP contribution is -2.21. The molecule has 4 nitrogen and oxygen atoms in total. The Morgan fingerprint density at radius 1 is 1.08 bits per heavy atom. The number of nitrogens with one attached hydrogen (secondary N) is 1. The second-order valence-corrected chi connectivity index (χ2v) is 6.38. The predicted molar refractivity (Wildman–Crippen MR) is 102 cm³/mol. The van der Waals surface area contributed by atoms with Gasteiger partial charge in [0.2, 0.25) is 0 Å². The minimum atomic E-state index is 0.379. The van der Waals surface area contributed by atoms with E-state index in [1.807, 2.05) is 56.3 Å². The Bertz CT molecular complexity index is 865. The summed E-state index contributed by atoms with van der Waals surface area (Å²) in [6, 6.07) is 13.2. The standard InChI is InChI=1S/C18H16Cl2N4/c1-11(2)23-24-17-10-21-18(13-5-3-4-6-15(13)20)14-9-12(19)7-8-16(14)22-17/h3-9H,10H2,1-2H3,(H,22,24). The smallest absolute Gasteiger partial charge is 0.144 e. The molecule has 0 bridgehead atoms. The molecule has 1 N–H and O–H groups in total. The maximum Gasteiger partial charge on any atom is 0.144 e. The zero-order valence-electron chi connectivity index (χ0n) is 13.3. The van der Waals surface area contributed by atoms with Gasteiger partial charge in [-0.3, -0.25) is 10.4 Å². The van der Waals surface area contributed by atoms with Gasteiger partial charge in [-0.25, -0.2) is 4.99 Å². The van der Waals surface area contributed by atoms with Gasteiger partial charge in [0.1, 0.15) is 5.84 Å². The summed E-state index contributed by atoms with van der Waals surface area (Å²) >= 11 is 12.6. The molecule has 1 aliphatic rings. The van der Waals surface area contributed by atoms with E-state index in [0.29, 0.717) is 22.4 Å². The number of fused-ring (bicyclic) bond motifs is 1. The van der Waals surface area contributed by atoms with Crippen LogP contribution in [-0.4, -0.2) is 23.8 Å². The molecule has 1 aliphatic heterocycles. The fraction of sp³-hybridized carbons (Fsp3) is 0.167. The van der Waals surface area contributed by atoms with Gasteiger partial charge in [0.15, 0.2) is 0 Å². The van der Waals surface area contributed by atoms with Crippen molar-refractivity contribution in [2.45, 2.75) is 13.8 Å². The summed E-state index contributed by atoms with van der Waals surface area (Å²) in [5, 5.41) is 5.48. The molecular formula is C18H16Cl2N4. The average molecular weight is 359 g/mol. The van der Waals surface area contributed by atoms with Gasteiger partial charge in [-0.15, -0.1) is 0 Å². The van der Waals surface area contributed by atoms with Gasteiger partial charge < -0.3 is 0 Å². The van der Waals surface area contributed by atoms with Crippen molar-refractivity contribution in [3.05, 3.63) is 63.6 Å². The Morgan fingerprint density at radius 3 is 2.62 bits per heavy atom. The van der Waals surface area contributed by atoms with Crippen LogP contribution in [0.3, 0.4) is 0 Å². The number of hydrogen-bond donors (Lipinski definition) is 1. The first-order chi connectivity index (χ1) is 11.5. The zero-order chi connectivity index (χ0) is 17.1. The largest absolute Gasteiger partial charge is 0.276 e. The van der Waals surface area contributed by atoms with E-state index in [9.17, 15) is 0 Å². The van der Waals surface area contributed by atoms with Crippen molar-refractivity contribution in [2.24, 2.45) is 15.1 Å². The van der Waals surface area contributed by atoms with Crippen LogP contribution in [0, 0.1) is 0 Å². The molecule has 0 unspecified atom stereocenters. The maximum absolute atomic E-state index is 6.37. The van der Waals surface area contributed by atoms with Crippen LogP contribution in [0.1, 0.15) is 25.0 Å². The van der Waals surface area contributed by atoms with E-state index in [4.69, 9.17) is 28.2 Å². The fourth-order valence-electron chi connectivity index (χ4n) is 2.34. The molecular weight excluding hydrogens is 343 g/mol. The molecule has 1 heterocycles. The molecule has 2 aromatic rings. The number of hydrazone groups is 1. The molecule has 0 spiro atoms. The van der Waals surface area contributed by atoms with E-state index in [1.54, 1.807) is 0 Å². The third kappa shape index (κ3) is 3.66. The van der Waals surface area contributed by atoms with Crippen LogP contribution in [0.2, 0.25) is 10.0 Å². The van der Waals surface area contributed by atoms with Crippen LogP contribution >= 0.6 is 23.2 Å². The monoisotopic (exact) mass is 358 g/mol. The van der Waals surface area contributed by atoms with E-state index < -0.39 is 0 Å². The van der Waals surface area contributed by atoms with Crippen LogP contribution in [0.4, 0.5) is 5.69 Å². The topological polar surface area (TPSA) is 49.1 Å². The fourth-order valence-corrected chi connectivity index (χ4v) is 2.73. The van der Waals surface area contributed by atoms with E-state index in [2.05, 4.69) is 15.5 Å². The van der Waals surface area contributed by atoms with Crippen molar-refractivity contribution in [1.29, 1.82) is 0 Å². The van der Waals surface area contributed by atoms with Crippen molar-refractivity contribution < 1.29 is 0 Å². The number of halogens is 2. The first-order valence-electron chi connectivity index (χ1n) is 7.48. The summed E-state index contributed by atoms with van der Waals surface area (Å²) < 4.78 is 0. The lowest BCUT2D eigenvalue weighted by atomic mass is 10.0. The molecule has 3 rings (SSSR count). The summed E-state index contributed by atoms with van der Waals surface area (Å²) in [5.74, 6) is 0.668. The highest BCUT2D eigenvalue weighted by Crippen LogP contribution is 2.30. The first-order valence-corrected chi connectivity index (χ1v) is 8.24. The minimum absolute atomic E-state index is 0.379. The minimum Gasteiger partial charge on any atom is -0.276 e. The molecule has 0 saturated heterocycles. The quantitative estimate of drug-likeness (QED) is 0.604. The van der Waals surface area contributed by atoms with Crippen LogP contribution in [0.15, 0.2) is 57.6 Å². The number of aliphatic imine (C=N–C) groups is 2. The Kier molecular flexibility index (Phi) is 4.97. The van der Waals surface area contributed by atoms with E-state index >= 15 is 0 Å². The molecule has 0 radical (unpaired) electrons. The van der Waals surface area contributed by atoms with Crippen LogP contribution in [0.5, 0.6) is 0 Å². The Hall–Kier alpha value is -2.17. The van der Waals surface area contributed by atoms with Crippen LogP contribution in [-0.2, 0) is 0 Å². The third-order valence-corrected chi connectivity index (χ3v) is 3.96. The molecule has 0 aliphatic carbocycles. The Labute approximate surface area is 150 Å². The molecule has 2 aromatic carbocycles. The van der Waals surface area contributed by atoms with Gasteiger partial charge in [0.25, 0.3) is 0 Å². The zero-order valence-corrected chi connectivity index (χ0v) is 14.9. The molecule has 6 heteroatoms. The van der Waals surface area contributed by atoms with E-state index in [-0.39, 0.29) is 0 Å². The summed E-state index contributed by atoms with van der Waals surface area (Å²) in [4.78, 5) is 9.35. The van der Waals surface area contributed by atoms with Crippen molar-refractivity contribution in [2.75, 3.05) is 6.54 Å². The Balaban J connectivity index is 2.12. The molecule has 0 saturated carbocycles. The highest BCUT2D eigenvalue weighted by molar-refractivity contribution is 6.36. The van der Waals surface area contributed by atoms with Crippen molar-refractivity contribution >= 4 is 46.1 Å². The van der Waals surface area contributed by atoms with Crippen molar-refractivity contribution in [3.63, 3.8) is 0 Å². The predicted octanol–water partition coefficient (Wildman–Crippen LogP) is 4.86. The molecule has 122 valence electrons. The molecule has 0 amide bonds. The number of rotatable bonds is 2. The second kappa shape index (κ2) is 7.16. The summed E-state index contributed by atoms with van der Waals surface area (Å²) in [5.41, 5.74) is 7.14. The average Bonchev–Trinajstić information content (AvgIpc) is 2.72. The van der Waals surface area contributed by atoms with Crippen molar-refractivity contribution in [1.82, 2.24) is 5.43 Å². The van der Waals surface area contributed by atoms with Gasteiger partial charge >= 0.3 is 0 Å². The van der Waals surface area contributed by atoms with Crippen molar-refractivity contribution in [3.8, 4) is 0 Å². The van der Waals surface area contributed by atoms with E-state index in [1.165, 1.54) is 0 Å². The maximum atomic E-state index is 6.37. The summed E-state index contributed by atoms with van der Waals surface area (Å²) in [6.45, 7) is 4.20. The van der Waals surface area contributed by atoms with Crippen LogP contribution < -0.4 is 5.43 Å². The van der Waals surface area contributed by atoms with Gasteiger partial charge in [-0.05, 0) is 38.1 Å². The van der Waals surface area contributed by atoms with Gasteiger partial charge in [0.05, 0.1) is 17.9 Å². The second-order valence-electron chi connectivity index (χ2n) is 5.54. The normalized spacial score (nSPS) is 13.3. The number of benzene rings is 2. The SMILES string of the molecule is CC(C)=NNC1=Nc2ccc(Cl)cc2C(c2ccccc2Cl)=NC1. The lowest BCUT2D eigenvalue weighted by Gasteiger charge is -2.10. The third-order valence-electron chi connectivity index (χ3n) is 3.39. The summed E-state index contributed by atoms with van der Waals surface area (Å²) in [7, 11) is 0. The number of hydrogen-bond acceptors (Lipinski definition) is 4. The molecule has 24 heavy (non-hydrogen) atoms.